The zero-order valence-corrected chi connectivity index (χ0v) is 11.3. The molecule has 0 bridgehead atoms. The van der Waals surface area contributed by atoms with E-state index in [-0.39, 0.29) is 0 Å². The Kier molecular flexibility index (Phi) is 5.02. The van der Waals surface area contributed by atoms with Gasteiger partial charge < -0.3 is 10.5 Å². The molecule has 0 spiro atoms. The number of piperidine rings is 1. The van der Waals surface area contributed by atoms with Crippen LogP contribution in [-0.2, 0) is 6.42 Å². The summed E-state index contributed by atoms with van der Waals surface area (Å²) in [6.07, 6.45) is 3.26. The molecule has 1 saturated heterocycles. The third-order valence-corrected chi connectivity index (χ3v) is 3.65. The highest BCUT2D eigenvalue weighted by Gasteiger charge is 2.15. The predicted octanol–water partition coefficient (Wildman–Crippen LogP) is 2.05. The molecule has 18 heavy (non-hydrogen) atoms. The zero-order valence-electron chi connectivity index (χ0n) is 11.3. The maximum absolute atomic E-state index is 5.90. The van der Waals surface area contributed by atoms with Crippen molar-refractivity contribution in [3.63, 3.8) is 0 Å². The van der Waals surface area contributed by atoms with E-state index in [1.54, 1.807) is 0 Å². The van der Waals surface area contributed by atoms with Crippen LogP contribution in [0.15, 0.2) is 24.3 Å². The molecular weight excluding hydrogens is 224 g/mol. The second-order valence-corrected chi connectivity index (χ2v) is 4.99. The van der Waals surface area contributed by atoms with Crippen molar-refractivity contribution in [1.82, 2.24) is 4.90 Å². The van der Waals surface area contributed by atoms with Crippen LogP contribution < -0.4 is 10.5 Å². The molecule has 100 valence electrons. The van der Waals surface area contributed by atoms with Crippen molar-refractivity contribution < 1.29 is 4.74 Å². The lowest BCUT2D eigenvalue weighted by atomic mass is 10.1. The van der Waals surface area contributed by atoms with Gasteiger partial charge in [-0.2, -0.15) is 0 Å². The lowest BCUT2D eigenvalue weighted by Gasteiger charge is -2.29. The highest BCUT2D eigenvalue weighted by Crippen LogP contribution is 2.18. The second-order valence-electron chi connectivity index (χ2n) is 4.99. The fourth-order valence-corrected chi connectivity index (χ4v) is 2.40. The van der Waals surface area contributed by atoms with Crippen LogP contribution in [0.5, 0.6) is 5.75 Å². The van der Waals surface area contributed by atoms with Gasteiger partial charge in [-0.15, -0.1) is 0 Å². The lowest BCUT2D eigenvalue weighted by molar-refractivity contribution is 0.173. The van der Waals surface area contributed by atoms with Gasteiger partial charge in [0.05, 0.1) is 0 Å². The molecule has 1 aromatic rings. The Balaban J connectivity index is 1.75. The molecule has 0 aromatic heterocycles. The number of hydrogen-bond donors (Lipinski definition) is 1. The van der Waals surface area contributed by atoms with Crippen molar-refractivity contribution in [3.05, 3.63) is 29.8 Å². The average Bonchev–Trinajstić information content (AvgIpc) is 2.41. The summed E-state index contributed by atoms with van der Waals surface area (Å²) in [4.78, 5) is 2.44. The van der Waals surface area contributed by atoms with Crippen molar-refractivity contribution in [1.29, 1.82) is 0 Å². The van der Waals surface area contributed by atoms with Crippen LogP contribution >= 0.6 is 0 Å². The first-order chi connectivity index (χ1) is 8.79. The van der Waals surface area contributed by atoms with Gasteiger partial charge >= 0.3 is 0 Å². The summed E-state index contributed by atoms with van der Waals surface area (Å²) in [6.45, 7) is 6.16. The summed E-state index contributed by atoms with van der Waals surface area (Å²) < 4.78 is 5.88. The van der Waals surface area contributed by atoms with E-state index < -0.39 is 0 Å². The van der Waals surface area contributed by atoms with Crippen molar-refractivity contribution in [3.8, 4) is 5.75 Å². The minimum Gasteiger partial charge on any atom is -0.492 e. The Morgan fingerprint density at radius 3 is 2.72 bits per heavy atom. The molecule has 1 fully saturated rings. The first kappa shape index (κ1) is 13.4. The Morgan fingerprint density at radius 1 is 1.28 bits per heavy atom. The first-order valence-corrected chi connectivity index (χ1v) is 6.98. The normalized spacial score (nSPS) is 17.9. The molecule has 2 rings (SSSR count). The Labute approximate surface area is 110 Å². The summed E-state index contributed by atoms with van der Waals surface area (Å²) in [7, 11) is 0. The van der Waals surface area contributed by atoms with E-state index in [4.69, 9.17) is 10.5 Å². The number of rotatable bonds is 5. The quantitative estimate of drug-likeness (QED) is 0.866. The summed E-state index contributed by atoms with van der Waals surface area (Å²) in [5.41, 5.74) is 7.19. The summed E-state index contributed by atoms with van der Waals surface area (Å²) >= 11 is 0. The van der Waals surface area contributed by atoms with Gasteiger partial charge in [0.25, 0.3) is 0 Å². The van der Waals surface area contributed by atoms with Crippen LogP contribution in [0.1, 0.15) is 25.3 Å². The molecule has 0 saturated carbocycles. The van der Waals surface area contributed by atoms with Crippen molar-refractivity contribution in [2.24, 2.45) is 5.73 Å². The molecule has 1 heterocycles. The maximum atomic E-state index is 5.90. The third kappa shape index (κ3) is 3.72. The molecule has 3 heteroatoms. The molecule has 0 atom stereocenters. The Hall–Kier alpha value is -1.06. The third-order valence-electron chi connectivity index (χ3n) is 3.65. The molecule has 1 aliphatic heterocycles. The SMILES string of the molecule is CCc1ccccc1OCCN1CCC(N)CC1. The monoisotopic (exact) mass is 248 g/mol. The zero-order chi connectivity index (χ0) is 12.8. The number of nitrogens with two attached hydrogens (primary N) is 1. The van der Waals surface area contributed by atoms with Gasteiger partial charge in [0, 0.05) is 12.6 Å². The minimum atomic E-state index is 0.406. The number of likely N-dealkylation sites (tertiary alicyclic amines) is 1. The van der Waals surface area contributed by atoms with Crippen LogP contribution in [0.3, 0.4) is 0 Å². The van der Waals surface area contributed by atoms with Crippen molar-refractivity contribution >= 4 is 0 Å². The van der Waals surface area contributed by atoms with Gasteiger partial charge in [-0.25, -0.2) is 0 Å². The fraction of sp³-hybridized carbons (Fsp3) is 0.600. The fourth-order valence-electron chi connectivity index (χ4n) is 2.40. The van der Waals surface area contributed by atoms with Gasteiger partial charge in [-0.05, 0) is 44.0 Å². The van der Waals surface area contributed by atoms with Gasteiger partial charge in [0.1, 0.15) is 12.4 Å². The Bertz CT molecular complexity index is 359. The second kappa shape index (κ2) is 6.76. The van der Waals surface area contributed by atoms with E-state index in [1.807, 2.05) is 6.07 Å². The Morgan fingerprint density at radius 2 is 2.00 bits per heavy atom. The smallest absolute Gasteiger partial charge is 0.122 e. The summed E-state index contributed by atoms with van der Waals surface area (Å²) in [5.74, 6) is 1.04. The van der Waals surface area contributed by atoms with Crippen molar-refractivity contribution in [2.75, 3.05) is 26.2 Å². The number of ether oxygens (including phenoxy) is 1. The number of benzene rings is 1. The van der Waals surface area contributed by atoms with Crippen LogP contribution in [-0.4, -0.2) is 37.2 Å². The van der Waals surface area contributed by atoms with E-state index in [0.717, 1.165) is 51.3 Å². The molecule has 0 unspecified atom stereocenters. The molecule has 2 N–H and O–H groups in total. The van der Waals surface area contributed by atoms with Gasteiger partial charge in [0.15, 0.2) is 0 Å². The minimum absolute atomic E-state index is 0.406. The standard InChI is InChI=1S/C15H24N2O/c1-2-13-5-3-4-6-15(13)18-12-11-17-9-7-14(16)8-10-17/h3-6,14H,2,7-12,16H2,1H3. The lowest BCUT2D eigenvalue weighted by Crippen LogP contribution is -2.41. The van der Waals surface area contributed by atoms with Crippen molar-refractivity contribution in [2.45, 2.75) is 32.2 Å². The largest absolute Gasteiger partial charge is 0.492 e. The highest BCUT2D eigenvalue weighted by atomic mass is 16.5. The van der Waals surface area contributed by atoms with E-state index in [1.165, 1.54) is 5.56 Å². The number of para-hydroxylation sites is 1. The summed E-state index contributed by atoms with van der Waals surface area (Å²) in [5, 5.41) is 0. The molecular formula is C15H24N2O. The predicted molar refractivity (Wildman–Crippen MR) is 75.0 cm³/mol. The van der Waals surface area contributed by atoms with E-state index in [0.29, 0.717) is 6.04 Å². The summed E-state index contributed by atoms with van der Waals surface area (Å²) in [6, 6.07) is 8.70. The van der Waals surface area contributed by atoms with Gasteiger partial charge in [-0.3, -0.25) is 4.90 Å². The van der Waals surface area contributed by atoms with Gasteiger partial charge in [0.2, 0.25) is 0 Å². The number of aryl methyl sites for hydroxylation is 1. The van der Waals surface area contributed by atoms with Crippen LogP contribution in [0.25, 0.3) is 0 Å². The molecule has 0 amide bonds. The van der Waals surface area contributed by atoms with Crippen LogP contribution in [0, 0.1) is 0 Å². The molecule has 1 aromatic carbocycles. The topological polar surface area (TPSA) is 38.5 Å². The van der Waals surface area contributed by atoms with Crippen LogP contribution in [0.4, 0.5) is 0 Å². The van der Waals surface area contributed by atoms with E-state index >= 15 is 0 Å². The number of hydrogen-bond acceptors (Lipinski definition) is 3. The van der Waals surface area contributed by atoms with Crippen LogP contribution in [0.2, 0.25) is 0 Å². The van der Waals surface area contributed by atoms with E-state index in [9.17, 15) is 0 Å². The first-order valence-electron chi connectivity index (χ1n) is 6.98. The molecule has 0 aliphatic carbocycles. The maximum Gasteiger partial charge on any atom is 0.122 e. The highest BCUT2D eigenvalue weighted by molar-refractivity contribution is 5.33. The average molecular weight is 248 g/mol. The molecule has 3 nitrogen and oxygen atoms in total. The number of nitrogens with zero attached hydrogens (tertiary/aromatic N) is 1. The van der Waals surface area contributed by atoms with Gasteiger partial charge in [-0.1, -0.05) is 25.1 Å². The van der Waals surface area contributed by atoms with E-state index in [2.05, 4.69) is 30.0 Å². The molecule has 1 aliphatic rings. The molecule has 0 radical (unpaired) electrons.